The van der Waals surface area contributed by atoms with Crippen LogP contribution in [-0.2, 0) is 14.4 Å². The molecule has 0 aromatic carbocycles. The van der Waals surface area contributed by atoms with Crippen LogP contribution >= 0.6 is 25.3 Å². The molecule has 2 saturated heterocycles. The van der Waals surface area contributed by atoms with Crippen LogP contribution in [0.25, 0.3) is 0 Å². The number of nitrogens with two attached hydrogens (primary N) is 2. The highest BCUT2D eigenvalue weighted by Crippen LogP contribution is 2.39. The zero-order chi connectivity index (χ0) is 16.5. The van der Waals surface area contributed by atoms with Crippen LogP contribution in [0.1, 0.15) is 19.3 Å². The summed E-state index contributed by atoms with van der Waals surface area (Å²) < 4.78 is 0. The van der Waals surface area contributed by atoms with Gasteiger partial charge >= 0.3 is 0 Å². The Morgan fingerprint density at radius 1 is 1.27 bits per heavy atom. The third kappa shape index (κ3) is 2.69. The zero-order valence-corrected chi connectivity index (χ0v) is 14.1. The van der Waals surface area contributed by atoms with E-state index in [1.807, 2.05) is 0 Å². The van der Waals surface area contributed by atoms with Crippen LogP contribution in [0.4, 0.5) is 0 Å². The Bertz CT molecular complexity index is 490. The van der Waals surface area contributed by atoms with Crippen LogP contribution in [0.2, 0.25) is 0 Å². The number of thiol groups is 2. The molecule has 1 spiro atoms. The Morgan fingerprint density at radius 2 is 1.95 bits per heavy atom. The molecule has 3 amide bonds. The van der Waals surface area contributed by atoms with Gasteiger partial charge in [-0.2, -0.15) is 25.3 Å². The maximum absolute atomic E-state index is 12.7. The average molecular weight is 346 g/mol. The fraction of sp³-hybridized carbons (Fsp3) is 0.769. The SMILES string of the molecule is NC(=O)C(CS)N1CC2(CCCCN2C(=O)[C@@H](N)CS)C1=O. The average Bonchev–Trinajstić information content (AvgIpc) is 2.53. The molecule has 2 aliphatic heterocycles. The summed E-state index contributed by atoms with van der Waals surface area (Å²) in [4.78, 5) is 39.5. The van der Waals surface area contributed by atoms with Crippen LogP contribution in [0.15, 0.2) is 0 Å². The second-order valence-electron chi connectivity index (χ2n) is 5.80. The molecule has 3 atom stereocenters. The van der Waals surface area contributed by atoms with Crippen molar-refractivity contribution in [1.82, 2.24) is 9.80 Å². The van der Waals surface area contributed by atoms with Crippen molar-refractivity contribution in [2.75, 3.05) is 24.6 Å². The Hall–Kier alpha value is -0.930. The number of carbonyl (C=O) groups is 3. The summed E-state index contributed by atoms with van der Waals surface area (Å²) >= 11 is 8.13. The lowest BCUT2D eigenvalue weighted by Crippen LogP contribution is -2.79. The van der Waals surface area contributed by atoms with E-state index in [4.69, 9.17) is 11.5 Å². The Balaban J connectivity index is 2.20. The molecule has 9 heteroatoms. The van der Waals surface area contributed by atoms with E-state index in [0.29, 0.717) is 19.5 Å². The van der Waals surface area contributed by atoms with Gasteiger partial charge in [0.05, 0.1) is 12.6 Å². The monoisotopic (exact) mass is 346 g/mol. The zero-order valence-electron chi connectivity index (χ0n) is 12.3. The topological polar surface area (TPSA) is 110 Å². The molecule has 0 aromatic rings. The molecule has 0 radical (unpaired) electrons. The summed E-state index contributed by atoms with van der Waals surface area (Å²) in [6.07, 6.45) is 2.29. The molecule has 0 bridgehead atoms. The normalized spacial score (nSPS) is 27.5. The van der Waals surface area contributed by atoms with Gasteiger partial charge in [0.2, 0.25) is 11.8 Å². The van der Waals surface area contributed by atoms with Crippen molar-refractivity contribution in [3.8, 4) is 0 Å². The number of carbonyl (C=O) groups excluding carboxylic acids is 3. The second-order valence-corrected chi connectivity index (χ2v) is 6.53. The molecular weight excluding hydrogens is 324 g/mol. The summed E-state index contributed by atoms with van der Waals surface area (Å²) in [6.45, 7) is 0.813. The standard InChI is InChI=1S/C13H22N4O3S2/c14-8(5-21)11(19)17-4-2-1-3-13(17)7-16(12(13)20)9(6-22)10(15)18/h8-9,21-22H,1-7,14H2,(H2,15,18)/t8-,9?,13?/m0/s1. The van der Waals surface area contributed by atoms with Gasteiger partial charge in [0.1, 0.15) is 11.6 Å². The van der Waals surface area contributed by atoms with Gasteiger partial charge in [0.15, 0.2) is 0 Å². The number of amides is 3. The van der Waals surface area contributed by atoms with E-state index in [2.05, 4.69) is 25.3 Å². The van der Waals surface area contributed by atoms with Gasteiger partial charge < -0.3 is 21.3 Å². The molecule has 124 valence electrons. The largest absolute Gasteiger partial charge is 0.368 e. The number of primary amides is 1. The Kier molecular flexibility index (Phi) is 5.29. The smallest absolute Gasteiger partial charge is 0.251 e. The van der Waals surface area contributed by atoms with Gasteiger partial charge in [0.25, 0.3) is 5.91 Å². The fourth-order valence-corrected chi connectivity index (χ4v) is 3.75. The van der Waals surface area contributed by atoms with Gasteiger partial charge in [-0.05, 0) is 19.3 Å². The molecule has 0 aliphatic carbocycles. The highest BCUT2D eigenvalue weighted by atomic mass is 32.1. The first-order valence-corrected chi connectivity index (χ1v) is 8.54. The summed E-state index contributed by atoms with van der Waals surface area (Å²) in [5.74, 6) is -0.682. The minimum absolute atomic E-state index is 0.168. The predicted octanol–water partition coefficient (Wildman–Crippen LogP) is -1.38. The van der Waals surface area contributed by atoms with Gasteiger partial charge in [-0.1, -0.05) is 0 Å². The van der Waals surface area contributed by atoms with E-state index in [0.717, 1.165) is 12.8 Å². The molecule has 22 heavy (non-hydrogen) atoms. The van der Waals surface area contributed by atoms with Crippen molar-refractivity contribution < 1.29 is 14.4 Å². The molecule has 0 saturated carbocycles. The van der Waals surface area contributed by atoms with Crippen LogP contribution < -0.4 is 11.5 Å². The van der Waals surface area contributed by atoms with E-state index in [1.165, 1.54) is 4.90 Å². The van der Waals surface area contributed by atoms with E-state index in [9.17, 15) is 14.4 Å². The van der Waals surface area contributed by atoms with E-state index >= 15 is 0 Å². The first kappa shape index (κ1) is 17.4. The highest BCUT2D eigenvalue weighted by molar-refractivity contribution is 7.80. The minimum Gasteiger partial charge on any atom is -0.368 e. The summed E-state index contributed by atoms with van der Waals surface area (Å²) in [5.41, 5.74) is 10.2. The van der Waals surface area contributed by atoms with Crippen molar-refractivity contribution >= 4 is 43.0 Å². The van der Waals surface area contributed by atoms with Crippen molar-refractivity contribution in [2.45, 2.75) is 36.9 Å². The van der Waals surface area contributed by atoms with Crippen molar-refractivity contribution in [3.05, 3.63) is 0 Å². The van der Waals surface area contributed by atoms with Crippen molar-refractivity contribution in [3.63, 3.8) is 0 Å². The summed E-state index contributed by atoms with van der Waals surface area (Å²) in [5, 5.41) is 0. The number of β-lactam (4-membered cyclic amide) rings is 1. The highest BCUT2D eigenvalue weighted by Gasteiger charge is 2.60. The lowest BCUT2D eigenvalue weighted by atomic mass is 9.77. The summed E-state index contributed by atoms with van der Waals surface area (Å²) in [6, 6.07) is -1.46. The number of piperidine rings is 1. The molecule has 2 heterocycles. The number of hydrogen-bond donors (Lipinski definition) is 4. The fourth-order valence-electron chi connectivity index (χ4n) is 3.21. The lowest BCUT2D eigenvalue weighted by molar-refractivity contribution is -0.179. The maximum atomic E-state index is 12.7. The number of likely N-dealkylation sites (tertiary alicyclic amines) is 2. The maximum Gasteiger partial charge on any atom is 0.251 e. The van der Waals surface area contributed by atoms with Crippen molar-refractivity contribution in [2.24, 2.45) is 11.5 Å². The molecule has 2 aliphatic rings. The van der Waals surface area contributed by atoms with Crippen LogP contribution in [-0.4, -0.2) is 69.7 Å². The first-order chi connectivity index (χ1) is 10.4. The van der Waals surface area contributed by atoms with Gasteiger partial charge in [-0.25, -0.2) is 0 Å². The lowest BCUT2D eigenvalue weighted by Gasteiger charge is -2.58. The van der Waals surface area contributed by atoms with Crippen molar-refractivity contribution in [1.29, 1.82) is 0 Å². The van der Waals surface area contributed by atoms with E-state index in [1.54, 1.807) is 4.90 Å². The van der Waals surface area contributed by atoms with Gasteiger partial charge in [0, 0.05) is 18.1 Å². The van der Waals surface area contributed by atoms with E-state index < -0.39 is 23.5 Å². The molecule has 7 nitrogen and oxygen atoms in total. The first-order valence-electron chi connectivity index (χ1n) is 7.28. The predicted molar refractivity (Wildman–Crippen MR) is 88.7 cm³/mol. The molecule has 4 N–H and O–H groups in total. The molecule has 2 fully saturated rings. The minimum atomic E-state index is -0.869. The molecule has 0 aromatic heterocycles. The molecular formula is C13H22N4O3S2. The third-order valence-corrected chi connectivity index (χ3v) is 5.23. The third-order valence-electron chi connectivity index (χ3n) is 4.49. The van der Waals surface area contributed by atoms with Gasteiger partial charge in [-0.15, -0.1) is 0 Å². The number of rotatable bonds is 5. The van der Waals surface area contributed by atoms with E-state index in [-0.39, 0.29) is 23.3 Å². The van der Waals surface area contributed by atoms with Gasteiger partial charge in [-0.3, -0.25) is 14.4 Å². The Morgan fingerprint density at radius 3 is 2.45 bits per heavy atom. The number of nitrogens with zero attached hydrogens (tertiary/aromatic N) is 2. The number of hydrogen-bond acceptors (Lipinski definition) is 6. The summed E-state index contributed by atoms with van der Waals surface area (Å²) in [7, 11) is 0. The van der Waals surface area contributed by atoms with Crippen LogP contribution in [0.3, 0.4) is 0 Å². The van der Waals surface area contributed by atoms with Crippen LogP contribution in [0, 0.1) is 0 Å². The Labute approximate surface area is 140 Å². The quantitative estimate of drug-likeness (QED) is 0.363. The second kappa shape index (κ2) is 6.67. The molecule has 2 rings (SSSR count). The van der Waals surface area contributed by atoms with Crippen LogP contribution in [0.5, 0.6) is 0 Å². The molecule has 2 unspecified atom stereocenters.